The van der Waals surface area contributed by atoms with Gasteiger partial charge in [0.2, 0.25) is 0 Å². The van der Waals surface area contributed by atoms with Gasteiger partial charge in [0.15, 0.2) is 0 Å². The third-order valence-corrected chi connectivity index (χ3v) is 1.69. The molecule has 1 aromatic carbocycles. The Kier molecular flexibility index (Phi) is 2.88. The van der Waals surface area contributed by atoms with E-state index in [1.807, 2.05) is 0 Å². The Morgan fingerprint density at radius 3 is 2.43 bits per heavy atom. The molecule has 0 radical (unpaired) electrons. The molecular formula is C9H10F3NO. The third kappa shape index (κ3) is 2.31. The van der Waals surface area contributed by atoms with Crippen LogP contribution in [0.1, 0.15) is 12.5 Å². The first-order valence-corrected chi connectivity index (χ1v) is 4.09. The Hall–Kier alpha value is -1.39. The van der Waals surface area contributed by atoms with E-state index in [0.717, 1.165) is 6.07 Å². The largest absolute Gasteiger partial charge is 0.506 e. The fourth-order valence-electron chi connectivity index (χ4n) is 1.05. The highest BCUT2D eigenvalue weighted by Gasteiger charge is 2.30. The summed E-state index contributed by atoms with van der Waals surface area (Å²) in [4.78, 5) is 0. The van der Waals surface area contributed by atoms with Crippen LogP contribution in [0.25, 0.3) is 0 Å². The molecular weight excluding hydrogens is 195 g/mol. The van der Waals surface area contributed by atoms with E-state index in [-0.39, 0.29) is 5.75 Å². The summed E-state index contributed by atoms with van der Waals surface area (Å²) in [7, 11) is 0. The number of phenols is 1. The van der Waals surface area contributed by atoms with Gasteiger partial charge in [0, 0.05) is 6.54 Å². The van der Waals surface area contributed by atoms with Crippen molar-refractivity contribution in [1.82, 2.24) is 0 Å². The highest BCUT2D eigenvalue weighted by molar-refractivity contribution is 5.57. The lowest BCUT2D eigenvalue weighted by Crippen LogP contribution is -2.05. The second-order valence-corrected chi connectivity index (χ2v) is 2.76. The van der Waals surface area contributed by atoms with E-state index in [1.54, 1.807) is 6.92 Å². The zero-order valence-corrected chi connectivity index (χ0v) is 7.52. The van der Waals surface area contributed by atoms with Gasteiger partial charge in [0.05, 0.1) is 11.3 Å². The van der Waals surface area contributed by atoms with Gasteiger partial charge in [0.25, 0.3) is 0 Å². The second-order valence-electron chi connectivity index (χ2n) is 2.76. The van der Waals surface area contributed by atoms with Crippen molar-refractivity contribution < 1.29 is 18.3 Å². The molecule has 0 saturated heterocycles. The van der Waals surface area contributed by atoms with E-state index in [4.69, 9.17) is 0 Å². The van der Waals surface area contributed by atoms with Crippen molar-refractivity contribution >= 4 is 5.69 Å². The van der Waals surface area contributed by atoms with E-state index in [0.29, 0.717) is 18.3 Å². The number of rotatable bonds is 2. The first kappa shape index (κ1) is 10.7. The Bertz CT molecular complexity index is 322. The van der Waals surface area contributed by atoms with Crippen LogP contribution in [0, 0.1) is 0 Å². The Balaban J connectivity index is 3.01. The van der Waals surface area contributed by atoms with E-state index in [1.165, 1.54) is 6.07 Å². The molecule has 0 amide bonds. The van der Waals surface area contributed by atoms with Crippen LogP contribution in [0.2, 0.25) is 0 Å². The van der Waals surface area contributed by atoms with Crippen molar-refractivity contribution in [3.63, 3.8) is 0 Å². The molecule has 1 rings (SSSR count). The molecule has 0 fully saturated rings. The first-order chi connectivity index (χ1) is 6.45. The number of aromatic hydroxyl groups is 1. The number of hydrogen-bond acceptors (Lipinski definition) is 2. The molecule has 0 heterocycles. The average molecular weight is 205 g/mol. The maximum absolute atomic E-state index is 12.2. The van der Waals surface area contributed by atoms with E-state index in [9.17, 15) is 18.3 Å². The first-order valence-electron chi connectivity index (χ1n) is 4.09. The highest BCUT2D eigenvalue weighted by Crippen LogP contribution is 2.34. The van der Waals surface area contributed by atoms with Gasteiger partial charge in [-0.2, -0.15) is 13.2 Å². The summed E-state index contributed by atoms with van der Waals surface area (Å²) >= 11 is 0. The fraction of sp³-hybridized carbons (Fsp3) is 0.333. The summed E-state index contributed by atoms with van der Waals surface area (Å²) in [5.74, 6) is -0.387. The van der Waals surface area contributed by atoms with Crippen molar-refractivity contribution in [3.05, 3.63) is 23.8 Å². The van der Waals surface area contributed by atoms with Crippen LogP contribution in [0.3, 0.4) is 0 Å². The van der Waals surface area contributed by atoms with Crippen LogP contribution in [-0.2, 0) is 6.18 Å². The molecule has 2 N–H and O–H groups in total. The fourth-order valence-corrected chi connectivity index (χ4v) is 1.05. The highest BCUT2D eigenvalue weighted by atomic mass is 19.4. The normalized spacial score (nSPS) is 11.4. The lowest BCUT2D eigenvalue weighted by Gasteiger charge is -2.10. The molecule has 0 aliphatic carbocycles. The summed E-state index contributed by atoms with van der Waals surface area (Å²) in [6, 6.07) is 2.84. The maximum atomic E-state index is 12.2. The molecule has 0 atom stereocenters. The van der Waals surface area contributed by atoms with Crippen molar-refractivity contribution in [2.75, 3.05) is 11.9 Å². The zero-order valence-electron chi connectivity index (χ0n) is 7.52. The van der Waals surface area contributed by atoms with Gasteiger partial charge in [0.1, 0.15) is 5.75 Å². The number of anilines is 1. The molecule has 14 heavy (non-hydrogen) atoms. The minimum atomic E-state index is -4.41. The SMILES string of the molecule is CCNc1ccc(C(F)(F)F)cc1O. The molecule has 0 aliphatic heterocycles. The molecule has 1 aromatic rings. The number of hydrogen-bond donors (Lipinski definition) is 2. The van der Waals surface area contributed by atoms with E-state index in [2.05, 4.69) is 5.32 Å². The monoisotopic (exact) mass is 205 g/mol. The van der Waals surface area contributed by atoms with E-state index >= 15 is 0 Å². The van der Waals surface area contributed by atoms with Crippen LogP contribution in [0.4, 0.5) is 18.9 Å². The van der Waals surface area contributed by atoms with Crippen molar-refractivity contribution in [3.8, 4) is 5.75 Å². The van der Waals surface area contributed by atoms with Gasteiger partial charge in [-0.1, -0.05) is 0 Å². The maximum Gasteiger partial charge on any atom is 0.416 e. The van der Waals surface area contributed by atoms with Gasteiger partial charge in [-0.15, -0.1) is 0 Å². The van der Waals surface area contributed by atoms with Crippen molar-refractivity contribution in [2.45, 2.75) is 13.1 Å². The van der Waals surface area contributed by atoms with Crippen molar-refractivity contribution in [2.24, 2.45) is 0 Å². The molecule has 0 bridgehead atoms. The molecule has 0 unspecified atom stereocenters. The second kappa shape index (κ2) is 3.77. The summed E-state index contributed by atoms with van der Waals surface area (Å²) in [6.07, 6.45) is -4.41. The molecule has 0 saturated carbocycles. The summed E-state index contributed by atoms with van der Waals surface area (Å²) in [5.41, 5.74) is -0.544. The number of nitrogens with one attached hydrogen (secondary N) is 1. The van der Waals surface area contributed by atoms with E-state index < -0.39 is 11.7 Å². The molecule has 0 aromatic heterocycles. The molecule has 2 nitrogen and oxygen atoms in total. The summed E-state index contributed by atoms with van der Waals surface area (Å²) in [5, 5.41) is 12.0. The van der Waals surface area contributed by atoms with Crippen LogP contribution in [0.5, 0.6) is 5.75 Å². The Labute approximate surface area is 79.4 Å². The smallest absolute Gasteiger partial charge is 0.416 e. The van der Waals surface area contributed by atoms with Gasteiger partial charge < -0.3 is 10.4 Å². The quantitative estimate of drug-likeness (QED) is 0.727. The van der Waals surface area contributed by atoms with Crippen LogP contribution < -0.4 is 5.32 Å². The zero-order chi connectivity index (χ0) is 10.8. The topological polar surface area (TPSA) is 32.3 Å². The summed E-state index contributed by atoms with van der Waals surface area (Å²) < 4.78 is 36.5. The van der Waals surface area contributed by atoms with Crippen molar-refractivity contribution in [1.29, 1.82) is 0 Å². The van der Waals surface area contributed by atoms with Crippen LogP contribution >= 0.6 is 0 Å². The Morgan fingerprint density at radius 1 is 1.36 bits per heavy atom. The number of halogens is 3. The van der Waals surface area contributed by atoms with Gasteiger partial charge >= 0.3 is 6.18 Å². The molecule has 5 heteroatoms. The minimum Gasteiger partial charge on any atom is -0.506 e. The van der Waals surface area contributed by atoms with Gasteiger partial charge in [-0.25, -0.2) is 0 Å². The molecule has 0 aliphatic rings. The molecule has 78 valence electrons. The minimum absolute atomic E-state index is 0.306. The predicted molar refractivity (Wildman–Crippen MR) is 47.3 cm³/mol. The van der Waals surface area contributed by atoms with Gasteiger partial charge in [-0.05, 0) is 25.1 Å². The summed E-state index contributed by atoms with van der Waals surface area (Å²) in [6.45, 7) is 2.33. The third-order valence-electron chi connectivity index (χ3n) is 1.69. The standard InChI is InChI=1S/C9H10F3NO/c1-2-13-7-4-3-6(5-8(7)14)9(10,11)12/h3-5,13-14H,2H2,1H3. The number of phenolic OH excluding ortho intramolecular Hbond substituents is 1. The number of benzene rings is 1. The lowest BCUT2D eigenvalue weighted by molar-refractivity contribution is -0.137. The number of alkyl halides is 3. The predicted octanol–water partition coefficient (Wildman–Crippen LogP) is 2.84. The van der Waals surface area contributed by atoms with Gasteiger partial charge in [-0.3, -0.25) is 0 Å². The molecule has 0 spiro atoms. The lowest BCUT2D eigenvalue weighted by atomic mass is 10.2. The average Bonchev–Trinajstić information content (AvgIpc) is 2.07. The van der Waals surface area contributed by atoms with Crippen LogP contribution in [0.15, 0.2) is 18.2 Å². The van der Waals surface area contributed by atoms with Crippen LogP contribution in [-0.4, -0.2) is 11.7 Å². The Morgan fingerprint density at radius 2 is 2.00 bits per heavy atom.